The molecule has 0 fully saturated rings. The van der Waals surface area contributed by atoms with Gasteiger partial charge < -0.3 is 15.0 Å². The Labute approximate surface area is 266 Å². The normalized spacial score (nSPS) is 11.9. The van der Waals surface area contributed by atoms with E-state index in [9.17, 15) is 18.0 Å². The Bertz CT molecular complexity index is 1610. The number of nitrogens with zero attached hydrogens (tertiary/aromatic N) is 2. The second-order valence-electron chi connectivity index (χ2n) is 11.1. The van der Waals surface area contributed by atoms with Crippen LogP contribution in [0.1, 0.15) is 32.8 Å². The summed E-state index contributed by atoms with van der Waals surface area (Å²) >= 11 is 0. The Morgan fingerprint density at radius 1 is 0.778 bits per heavy atom. The minimum Gasteiger partial charge on any atom is -0.457 e. The molecule has 236 valence electrons. The summed E-state index contributed by atoms with van der Waals surface area (Å²) in [6.45, 7) is 6.09. The minimum absolute atomic E-state index is 0.0555. The zero-order chi connectivity index (χ0) is 32.2. The molecule has 4 rings (SSSR count). The van der Waals surface area contributed by atoms with Gasteiger partial charge in [0.1, 0.15) is 24.1 Å². The van der Waals surface area contributed by atoms with Crippen molar-refractivity contribution in [1.29, 1.82) is 0 Å². The van der Waals surface area contributed by atoms with Gasteiger partial charge in [0.15, 0.2) is 0 Å². The standard InChI is InChI=1S/C36H41N3O5S/c1-4-34(36(41)37-26-28(2)3)38(25-24-29-14-8-5-9-15-29)35(40)27-39(45(42,43)33-18-12-7-13-19-33)30-20-22-32(23-21-30)44-31-16-10-6-11-17-31/h5-23,28,34H,4,24-27H2,1-3H3,(H,37,41). The number of hydrogen-bond acceptors (Lipinski definition) is 5. The molecule has 1 atom stereocenters. The highest BCUT2D eigenvalue weighted by molar-refractivity contribution is 7.92. The Balaban J connectivity index is 1.67. The number of ether oxygens (including phenoxy) is 1. The molecule has 2 amide bonds. The fourth-order valence-corrected chi connectivity index (χ4v) is 6.31. The molecule has 0 saturated carbocycles. The second-order valence-corrected chi connectivity index (χ2v) is 13.0. The molecule has 1 N–H and O–H groups in total. The average Bonchev–Trinajstić information content (AvgIpc) is 3.06. The van der Waals surface area contributed by atoms with E-state index in [4.69, 9.17) is 4.74 Å². The van der Waals surface area contributed by atoms with Crippen molar-refractivity contribution in [2.24, 2.45) is 5.92 Å². The molecule has 0 spiro atoms. The predicted molar refractivity (Wildman–Crippen MR) is 178 cm³/mol. The number of benzene rings is 4. The summed E-state index contributed by atoms with van der Waals surface area (Å²) in [5.74, 6) is 0.671. The maximum absolute atomic E-state index is 14.2. The number of rotatable bonds is 15. The zero-order valence-electron chi connectivity index (χ0n) is 26.0. The van der Waals surface area contributed by atoms with Gasteiger partial charge in [0, 0.05) is 13.1 Å². The molecule has 4 aromatic carbocycles. The molecule has 8 nitrogen and oxygen atoms in total. The molecule has 0 aliphatic heterocycles. The number of anilines is 1. The summed E-state index contributed by atoms with van der Waals surface area (Å²) in [7, 11) is -4.15. The summed E-state index contributed by atoms with van der Waals surface area (Å²) in [5.41, 5.74) is 1.31. The van der Waals surface area contributed by atoms with Gasteiger partial charge in [-0.15, -0.1) is 0 Å². The summed E-state index contributed by atoms with van der Waals surface area (Å²) in [5, 5.41) is 2.96. The monoisotopic (exact) mass is 627 g/mol. The van der Waals surface area contributed by atoms with Gasteiger partial charge in [-0.05, 0) is 72.9 Å². The lowest BCUT2D eigenvalue weighted by molar-refractivity contribution is -0.139. The summed E-state index contributed by atoms with van der Waals surface area (Å²) in [6, 6.07) is 32.8. The maximum atomic E-state index is 14.2. The summed E-state index contributed by atoms with van der Waals surface area (Å²) < 4.78 is 35.1. The second kappa shape index (κ2) is 15.9. The lowest BCUT2D eigenvalue weighted by Crippen LogP contribution is -2.53. The van der Waals surface area contributed by atoms with Gasteiger partial charge in [-0.25, -0.2) is 8.42 Å². The van der Waals surface area contributed by atoms with Gasteiger partial charge in [0.05, 0.1) is 10.6 Å². The van der Waals surface area contributed by atoms with Crippen LogP contribution in [0.5, 0.6) is 11.5 Å². The molecular formula is C36H41N3O5S. The van der Waals surface area contributed by atoms with Crippen LogP contribution in [0.15, 0.2) is 120 Å². The van der Waals surface area contributed by atoms with Gasteiger partial charge >= 0.3 is 0 Å². The van der Waals surface area contributed by atoms with Gasteiger partial charge in [-0.1, -0.05) is 87.5 Å². The first-order valence-electron chi connectivity index (χ1n) is 15.2. The average molecular weight is 628 g/mol. The van der Waals surface area contributed by atoms with Crippen molar-refractivity contribution in [2.45, 2.75) is 44.6 Å². The Kier molecular flexibility index (Phi) is 11.8. The van der Waals surface area contributed by atoms with Crippen LogP contribution in [-0.2, 0) is 26.0 Å². The maximum Gasteiger partial charge on any atom is 0.264 e. The van der Waals surface area contributed by atoms with Crippen LogP contribution in [-0.4, -0.2) is 50.8 Å². The lowest BCUT2D eigenvalue weighted by Gasteiger charge is -2.33. The van der Waals surface area contributed by atoms with Crippen LogP contribution in [0.3, 0.4) is 0 Å². The molecule has 0 heterocycles. The third-order valence-electron chi connectivity index (χ3n) is 7.27. The van der Waals surface area contributed by atoms with E-state index < -0.39 is 28.5 Å². The van der Waals surface area contributed by atoms with E-state index in [0.29, 0.717) is 36.6 Å². The number of nitrogens with one attached hydrogen (secondary N) is 1. The molecule has 4 aromatic rings. The fraction of sp³-hybridized carbons (Fsp3) is 0.278. The first kappa shape index (κ1) is 33.3. The number of carbonyl (C=O) groups is 2. The molecule has 1 unspecified atom stereocenters. The largest absolute Gasteiger partial charge is 0.457 e. The molecule has 0 saturated heterocycles. The quantitative estimate of drug-likeness (QED) is 0.167. The molecule has 45 heavy (non-hydrogen) atoms. The number of para-hydroxylation sites is 1. The Morgan fingerprint density at radius 2 is 1.33 bits per heavy atom. The van der Waals surface area contributed by atoms with Crippen LogP contribution in [0, 0.1) is 5.92 Å². The van der Waals surface area contributed by atoms with Gasteiger partial charge in [-0.3, -0.25) is 13.9 Å². The molecular weight excluding hydrogens is 586 g/mol. The molecule has 0 aliphatic rings. The van der Waals surface area contributed by atoms with Gasteiger partial charge in [-0.2, -0.15) is 0 Å². The molecule has 0 aliphatic carbocycles. The molecule has 0 aromatic heterocycles. The summed E-state index contributed by atoms with van der Waals surface area (Å²) in [4.78, 5) is 29.1. The van der Waals surface area contributed by atoms with Gasteiger partial charge in [0.25, 0.3) is 10.0 Å². The van der Waals surface area contributed by atoms with E-state index in [1.807, 2.05) is 81.4 Å². The fourth-order valence-electron chi connectivity index (χ4n) is 4.87. The van der Waals surface area contributed by atoms with Crippen molar-refractivity contribution in [3.63, 3.8) is 0 Å². The van der Waals surface area contributed by atoms with Crippen LogP contribution in [0.25, 0.3) is 0 Å². The zero-order valence-corrected chi connectivity index (χ0v) is 26.8. The van der Waals surface area contributed by atoms with Crippen LogP contribution in [0.2, 0.25) is 0 Å². The predicted octanol–water partition coefficient (Wildman–Crippen LogP) is 6.30. The van der Waals surface area contributed by atoms with Crippen molar-refractivity contribution < 1.29 is 22.7 Å². The SMILES string of the molecule is CCC(C(=O)NCC(C)C)N(CCc1ccccc1)C(=O)CN(c1ccc(Oc2ccccc2)cc1)S(=O)(=O)c1ccccc1. The highest BCUT2D eigenvalue weighted by atomic mass is 32.2. The minimum atomic E-state index is -4.15. The van der Waals surface area contributed by atoms with Crippen molar-refractivity contribution in [3.05, 3.63) is 121 Å². The first-order valence-corrected chi connectivity index (χ1v) is 16.6. The van der Waals surface area contributed by atoms with Gasteiger partial charge in [0.2, 0.25) is 11.8 Å². The molecule has 9 heteroatoms. The third-order valence-corrected chi connectivity index (χ3v) is 9.06. The first-order chi connectivity index (χ1) is 21.7. The van der Waals surface area contributed by atoms with Crippen LogP contribution < -0.4 is 14.4 Å². The van der Waals surface area contributed by atoms with E-state index in [1.54, 1.807) is 42.5 Å². The Morgan fingerprint density at radius 3 is 1.91 bits per heavy atom. The topological polar surface area (TPSA) is 96.0 Å². The highest BCUT2D eigenvalue weighted by Crippen LogP contribution is 2.28. The van der Waals surface area contributed by atoms with E-state index in [2.05, 4.69) is 5.32 Å². The molecule has 0 radical (unpaired) electrons. The van der Waals surface area contributed by atoms with E-state index in [-0.39, 0.29) is 23.3 Å². The van der Waals surface area contributed by atoms with Crippen molar-refractivity contribution in [1.82, 2.24) is 10.2 Å². The van der Waals surface area contributed by atoms with E-state index in [0.717, 1.165) is 9.87 Å². The smallest absolute Gasteiger partial charge is 0.264 e. The number of sulfonamides is 1. The van der Waals surface area contributed by atoms with Crippen molar-refractivity contribution in [2.75, 3.05) is 23.9 Å². The molecule has 0 bridgehead atoms. The van der Waals surface area contributed by atoms with E-state index >= 15 is 0 Å². The third kappa shape index (κ3) is 9.18. The number of carbonyl (C=O) groups excluding carboxylic acids is 2. The van der Waals surface area contributed by atoms with Crippen LogP contribution in [0.4, 0.5) is 5.69 Å². The highest BCUT2D eigenvalue weighted by Gasteiger charge is 2.33. The Hall–Kier alpha value is -4.63. The van der Waals surface area contributed by atoms with Crippen molar-refractivity contribution >= 4 is 27.5 Å². The lowest BCUT2D eigenvalue weighted by atomic mass is 10.1. The van der Waals surface area contributed by atoms with Crippen molar-refractivity contribution in [3.8, 4) is 11.5 Å². The number of hydrogen-bond donors (Lipinski definition) is 1. The van der Waals surface area contributed by atoms with E-state index in [1.165, 1.54) is 17.0 Å². The van der Waals surface area contributed by atoms with Crippen LogP contribution >= 0.6 is 0 Å². The number of amides is 2. The summed E-state index contributed by atoms with van der Waals surface area (Å²) in [6.07, 6.45) is 0.888.